The van der Waals surface area contributed by atoms with Gasteiger partial charge in [0.05, 0.1) is 5.66 Å². The predicted molar refractivity (Wildman–Crippen MR) is 58.9 cm³/mol. The average molecular weight is 185 g/mol. The van der Waals surface area contributed by atoms with Crippen LogP contribution in [0.4, 0.5) is 0 Å². The number of nitrogens with zero attached hydrogens (tertiary/aromatic N) is 2. The van der Waals surface area contributed by atoms with Gasteiger partial charge in [-0.1, -0.05) is 20.8 Å². The minimum absolute atomic E-state index is 0.0319. The van der Waals surface area contributed by atoms with Crippen LogP contribution in [0.25, 0.3) is 0 Å². The summed E-state index contributed by atoms with van der Waals surface area (Å²) in [5.74, 6) is 0. The molecule has 1 radical (unpaired) electrons. The summed E-state index contributed by atoms with van der Waals surface area (Å²) in [6.45, 7) is 11.9. The van der Waals surface area contributed by atoms with Crippen LogP contribution in [-0.2, 0) is 0 Å². The third-order valence-corrected chi connectivity index (χ3v) is 3.18. The van der Waals surface area contributed by atoms with E-state index < -0.39 is 0 Å². The topological polar surface area (TPSA) is 17.3 Å². The molecule has 0 aromatic rings. The largest absolute Gasteiger partial charge is 0.285 e. The van der Waals surface area contributed by atoms with Gasteiger partial charge in [-0.2, -0.15) is 0 Å². The molecule has 0 heterocycles. The van der Waals surface area contributed by atoms with Crippen molar-refractivity contribution in [3.63, 3.8) is 0 Å². The van der Waals surface area contributed by atoms with Crippen LogP contribution in [0.15, 0.2) is 0 Å². The van der Waals surface area contributed by atoms with Crippen molar-refractivity contribution in [3.05, 3.63) is 0 Å². The zero-order valence-electron chi connectivity index (χ0n) is 10.1. The van der Waals surface area contributed by atoms with Crippen LogP contribution in [-0.4, -0.2) is 30.2 Å². The molecule has 0 amide bonds. The minimum atomic E-state index is 0.0319. The standard InChI is InChI=1S/C11H25N2/c1-7-10(4)13(6)11(5,8-2)12-9-3/h10H,7-9H2,1-6H3. The Morgan fingerprint density at radius 2 is 1.85 bits per heavy atom. The highest BCUT2D eigenvalue weighted by molar-refractivity contribution is 4.82. The summed E-state index contributed by atoms with van der Waals surface area (Å²) >= 11 is 0. The summed E-state index contributed by atoms with van der Waals surface area (Å²) in [6, 6.07) is 0.611. The van der Waals surface area contributed by atoms with Crippen molar-refractivity contribution in [1.29, 1.82) is 0 Å². The molecule has 0 spiro atoms. The van der Waals surface area contributed by atoms with Crippen molar-refractivity contribution in [2.24, 2.45) is 0 Å². The molecule has 2 atom stereocenters. The lowest BCUT2D eigenvalue weighted by molar-refractivity contribution is 0.0546. The summed E-state index contributed by atoms with van der Waals surface area (Å²) in [5, 5.41) is 4.67. The Balaban J connectivity index is 4.35. The summed E-state index contributed by atoms with van der Waals surface area (Å²) in [5.41, 5.74) is 0.0319. The first-order valence-corrected chi connectivity index (χ1v) is 5.43. The molecule has 0 bridgehead atoms. The third-order valence-electron chi connectivity index (χ3n) is 3.18. The molecule has 0 aliphatic carbocycles. The third kappa shape index (κ3) is 3.28. The first-order chi connectivity index (χ1) is 6.01. The van der Waals surface area contributed by atoms with Gasteiger partial charge in [0.2, 0.25) is 0 Å². The Morgan fingerprint density at radius 3 is 2.15 bits per heavy atom. The molecule has 2 unspecified atom stereocenters. The number of hydrogen-bond acceptors (Lipinski definition) is 1. The predicted octanol–water partition coefficient (Wildman–Crippen LogP) is 2.47. The van der Waals surface area contributed by atoms with E-state index in [4.69, 9.17) is 0 Å². The molecular formula is C11H25N2. The molecule has 2 nitrogen and oxygen atoms in total. The highest BCUT2D eigenvalue weighted by atomic mass is 15.3. The van der Waals surface area contributed by atoms with E-state index in [0.29, 0.717) is 6.04 Å². The maximum atomic E-state index is 4.67. The molecule has 0 aliphatic heterocycles. The van der Waals surface area contributed by atoms with E-state index in [0.717, 1.165) is 13.0 Å². The van der Waals surface area contributed by atoms with Gasteiger partial charge in [0.15, 0.2) is 0 Å². The Kier molecular flexibility index (Phi) is 5.57. The van der Waals surface area contributed by atoms with Crippen LogP contribution in [0, 0.1) is 0 Å². The second-order valence-corrected chi connectivity index (χ2v) is 3.91. The van der Waals surface area contributed by atoms with Gasteiger partial charge in [0, 0.05) is 12.6 Å². The first-order valence-electron chi connectivity index (χ1n) is 5.43. The second-order valence-electron chi connectivity index (χ2n) is 3.91. The van der Waals surface area contributed by atoms with E-state index in [1.807, 2.05) is 0 Å². The van der Waals surface area contributed by atoms with E-state index in [-0.39, 0.29) is 5.66 Å². The van der Waals surface area contributed by atoms with Gasteiger partial charge in [-0.25, -0.2) is 5.32 Å². The monoisotopic (exact) mass is 185 g/mol. The molecule has 0 rings (SSSR count). The fourth-order valence-corrected chi connectivity index (χ4v) is 1.56. The zero-order valence-corrected chi connectivity index (χ0v) is 10.1. The van der Waals surface area contributed by atoms with E-state index in [2.05, 4.69) is 51.9 Å². The summed E-state index contributed by atoms with van der Waals surface area (Å²) < 4.78 is 0. The van der Waals surface area contributed by atoms with E-state index in [9.17, 15) is 0 Å². The van der Waals surface area contributed by atoms with Crippen LogP contribution in [0.5, 0.6) is 0 Å². The van der Waals surface area contributed by atoms with Crippen molar-refractivity contribution in [2.45, 2.75) is 59.2 Å². The van der Waals surface area contributed by atoms with Crippen LogP contribution in [0.3, 0.4) is 0 Å². The van der Waals surface area contributed by atoms with Gasteiger partial charge in [-0.05, 0) is 33.7 Å². The molecule has 0 aliphatic rings. The lowest BCUT2D eigenvalue weighted by Gasteiger charge is -2.41. The lowest BCUT2D eigenvalue weighted by atomic mass is 10.0. The van der Waals surface area contributed by atoms with Gasteiger partial charge in [0.25, 0.3) is 0 Å². The first kappa shape index (κ1) is 12.9. The van der Waals surface area contributed by atoms with Gasteiger partial charge in [0.1, 0.15) is 0 Å². The van der Waals surface area contributed by atoms with Crippen molar-refractivity contribution in [2.75, 3.05) is 13.6 Å². The fraction of sp³-hybridized carbons (Fsp3) is 1.00. The van der Waals surface area contributed by atoms with Crippen molar-refractivity contribution >= 4 is 0 Å². The van der Waals surface area contributed by atoms with Crippen LogP contribution >= 0.6 is 0 Å². The summed E-state index contributed by atoms with van der Waals surface area (Å²) in [4.78, 5) is 2.39. The highest BCUT2D eigenvalue weighted by Gasteiger charge is 2.29. The molecule has 79 valence electrons. The quantitative estimate of drug-likeness (QED) is 0.621. The molecule has 2 heteroatoms. The Hall–Kier alpha value is -0.0800. The number of rotatable bonds is 6. The SMILES string of the molecule is CC[N]C(C)(CC)N(C)C(C)CC. The summed E-state index contributed by atoms with van der Waals surface area (Å²) in [7, 11) is 2.18. The van der Waals surface area contributed by atoms with E-state index >= 15 is 0 Å². The Bertz CT molecular complexity index is 136. The smallest absolute Gasteiger partial charge is 0.0842 e. The maximum absolute atomic E-state index is 4.67. The highest BCUT2D eigenvalue weighted by Crippen LogP contribution is 2.19. The molecule has 0 aromatic carbocycles. The number of hydrogen-bond donors (Lipinski definition) is 0. The van der Waals surface area contributed by atoms with Gasteiger partial charge in [-0.3, -0.25) is 4.90 Å². The lowest BCUT2D eigenvalue weighted by Crippen LogP contribution is -2.54. The van der Waals surface area contributed by atoms with Gasteiger partial charge >= 0.3 is 0 Å². The minimum Gasteiger partial charge on any atom is -0.285 e. The van der Waals surface area contributed by atoms with Crippen molar-refractivity contribution in [1.82, 2.24) is 10.2 Å². The van der Waals surface area contributed by atoms with E-state index in [1.165, 1.54) is 6.42 Å². The normalized spacial score (nSPS) is 18.7. The molecule has 0 aromatic heterocycles. The van der Waals surface area contributed by atoms with Gasteiger partial charge < -0.3 is 0 Å². The Morgan fingerprint density at radius 1 is 1.31 bits per heavy atom. The Labute approximate surface area is 83.7 Å². The molecule has 0 saturated carbocycles. The second kappa shape index (κ2) is 5.61. The van der Waals surface area contributed by atoms with Gasteiger partial charge in [-0.15, -0.1) is 0 Å². The zero-order chi connectivity index (χ0) is 10.5. The molecule has 13 heavy (non-hydrogen) atoms. The average Bonchev–Trinajstić information content (AvgIpc) is 2.15. The molecule has 0 N–H and O–H groups in total. The fourth-order valence-electron chi connectivity index (χ4n) is 1.56. The van der Waals surface area contributed by atoms with Crippen molar-refractivity contribution in [3.8, 4) is 0 Å². The summed E-state index contributed by atoms with van der Waals surface area (Å²) in [6.07, 6.45) is 2.27. The molecular weight excluding hydrogens is 160 g/mol. The van der Waals surface area contributed by atoms with Crippen LogP contribution < -0.4 is 5.32 Å². The van der Waals surface area contributed by atoms with Crippen LogP contribution in [0.1, 0.15) is 47.5 Å². The maximum Gasteiger partial charge on any atom is 0.0842 e. The van der Waals surface area contributed by atoms with E-state index in [1.54, 1.807) is 0 Å². The molecule has 0 fully saturated rings. The molecule has 0 saturated heterocycles. The van der Waals surface area contributed by atoms with Crippen molar-refractivity contribution < 1.29 is 0 Å². The van der Waals surface area contributed by atoms with Crippen LogP contribution in [0.2, 0.25) is 0 Å².